The standard InChI is InChI=1S/C19H23NO/c1-21-14-16-11-9-15(10-12-16)13-20-19-8-4-6-17-5-2-3-7-18(17)19/h4,6,8-12,20H,2-3,5,7,13-14H2,1H3. The second-order valence-corrected chi connectivity index (χ2v) is 5.75. The zero-order valence-corrected chi connectivity index (χ0v) is 12.7. The highest BCUT2D eigenvalue weighted by atomic mass is 16.5. The van der Waals surface area contributed by atoms with Gasteiger partial charge in [0.15, 0.2) is 0 Å². The molecule has 0 aliphatic heterocycles. The quantitative estimate of drug-likeness (QED) is 0.881. The van der Waals surface area contributed by atoms with Gasteiger partial charge in [-0.1, -0.05) is 36.4 Å². The molecule has 0 aromatic heterocycles. The molecule has 0 saturated heterocycles. The van der Waals surface area contributed by atoms with Crippen molar-refractivity contribution in [3.05, 3.63) is 64.7 Å². The highest BCUT2D eigenvalue weighted by Crippen LogP contribution is 2.28. The van der Waals surface area contributed by atoms with Crippen LogP contribution in [0.3, 0.4) is 0 Å². The third kappa shape index (κ3) is 3.45. The average Bonchev–Trinajstić information content (AvgIpc) is 2.54. The maximum Gasteiger partial charge on any atom is 0.0713 e. The molecule has 1 aliphatic rings. The molecule has 0 radical (unpaired) electrons. The lowest BCUT2D eigenvalue weighted by Gasteiger charge is -2.20. The van der Waals surface area contributed by atoms with E-state index in [0.29, 0.717) is 6.61 Å². The molecule has 0 bridgehead atoms. The number of rotatable bonds is 5. The maximum atomic E-state index is 5.14. The summed E-state index contributed by atoms with van der Waals surface area (Å²) < 4.78 is 5.14. The van der Waals surface area contributed by atoms with Crippen LogP contribution < -0.4 is 5.32 Å². The van der Waals surface area contributed by atoms with Crippen molar-refractivity contribution in [1.29, 1.82) is 0 Å². The van der Waals surface area contributed by atoms with Crippen LogP contribution in [0.25, 0.3) is 0 Å². The molecule has 0 heterocycles. The minimum atomic E-state index is 0.680. The summed E-state index contributed by atoms with van der Waals surface area (Å²) in [6, 6.07) is 15.3. The predicted molar refractivity (Wildman–Crippen MR) is 87.6 cm³/mol. The van der Waals surface area contributed by atoms with Crippen LogP contribution in [0.15, 0.2) is 42.5 Å². The molecule has 0 saturated carbocycles. The van der Waals surface area contributed by atoms with E-state index in [-0.39, 0.29) is 0 Å². The van der Waals surface area contributed by atoms with Crippen molar-refractivity contribution in [2.45, 2.75) is 38.8 Å². The molecule has 1 N–H and O–H groups in total. The number of anilines is 1. The summed E-state index contributed by atoms with van der Waals surface area (Å²) in [4.78, 5) is 0. The number of nitrogens with one attached hydrogen (secondary N) is 1. The number of aryl methyl sites for hydroxylation is 1. The highest BCUT2D eigenvalue weighted by molar-refractivity contribution is 5.55. The lowest BCUT2D eigenvalue weighted by molar-refractivity contribution is 0.185. The predicted octanol–water partition coefficient (Wildman–Crippen LogP) is 4.32. The molecule has 110 valence electrons. The van der Waals surface area contributed by atoms with Gasteiger partial charge in [-0.15, -0.1) is 0 Å². The molecule has 2 aromatic rings. The van der Waals surface area contributed by atoms with E-state index in [0.717, 1.165) is 6.54 Å². The van der Waals surface area contributed by atoms with E-state index in [1.54, 1.807) is 7.11 Å². The number of ether oxygens (including phenoxy) is 1. The lowest BCUT2D eigenvalue weighted by Crippen LogP contribution is -2.08. The fourth-order valence-corrected chi connectivity index (χ4v) is 3.06. The topological polar surface area (TPSA) is 21.3 Å². The molecule has 2 heteroatoms. The van der Waals surface area contributed by atoms with E-state index in [1.165, 1.54) is 53.6 Å². The van der Waals surface area contributed by atoms with Crippen molar-refractivity contribution in [1.82, 2.24) is 0 Å². The van der Waals surface area contributed by atoms with Gasteiger partial charge in [0, 0.05) is 19.3 Å². The SMILES string of the molecule is COCc1ccc(CNc2cccc3c2CCCC3)cc1. The Kier molecular flexibility index (Phi) is 4.56. The monoisotopic (exact) mass is 281 g/mol. The van der Waals surface area contributed by atoms with Gasteiger partial charge in [0.2, 0.25) is 0 Å². The van der Waals surface area contributed by atoms with Crippen LogP contribution in [0, 0.1) is 0 Å². The first-order valence-electron chi connectivity index (χ1n) is 7.78. The maximum absolute atomic E-state index is 5.14. The van der Waals surface area contributed by atoms with Gasteiger partial charge in [-0.2, -0.15) is 0 Å². The van der Waals surface area contributed by atoms with Crippen LogP contribution >= 0.6 is 0 Å². The number of fused-ring (bicyclic) bond motifs is 1. The highest BCUT2D eigenvalue weighted by Gasteiger charge is 2.12. The number of benzene rings is 2. The van der Waals surface area contributed by atoms with Crippen molar-refractivity contribution >= 4 is 5.69 Å². The number of hydrogen-bond donors (Lipinski definition) is 1. The summed E-state index contributed by atoms with van der Waals surface area (Å²) >= 11 is 0. The molecular weight excluding hydrogens is 258 g/mol. The third-order valence-electron chi connectivity index (χ3n) is 4.21. The van der Waals surface area contributed by atoms with Crippen molar-refractivity contribution in [3.63, 3.8) is 0 Å². The Hall–Kier alpha value is -1.80. The summed E-state index contributed by atoms with van der Waals surface area (Å²) in [5, 5.41) is 3.61. The van der Waals surface area contributed by atoms with Crippen molar-refractivity contribution in [2.75, 3.05) is 12.4 Å². The van der Waals surface area contributed by atoms with Crippen LogP contribution in [-0.4, -0.2) is 7.11 Å². The van der Waals surface area contributed by atoms with Gasteiger partial charge >= 0.3 is 0 Å². The Morgan fingerprint density at radius 1 is 0.952 bits per heavy atom. The van der Waals surface area contributed by atoms with Gasteiger partial charge in [0.05, 0.1) is 6.61 Å². The molecule has 0 amide bonds. The third-order valence-corrected chi connectivity index (χ3v) is 4.21. The Labute approximate surface area is 127 Å². The minimum Gasteiger partial charge on any atom is -0.381 e. The summed E-state index contributed by atoms with van der Waals surface area (Å²) in [6.45, 7) is 1.56. The van der Waals surface area contributed by atoms with Crippen LogP contribution in [0.5, 0.6) is 0 Å². The minimum absolute atomic E-state index is 0.680. The Bertz CT molecular complexity index is 589. The van der Waals surface area contributed by atoms with Crippen LogP contribution in [0.4, 0.5) is 5.69 Å². The van der Waals surface area contributed by atoms with E-state index in [1.807, 2.05) is 0 Å². The van der Waals surface area contributed by atoms with Crippen LogP contribution in [0.2, 0.25) is 0 Å². The van der Waals surface area contributed by atoms with E-state index in [2.05, 4.69) is 47.8 Å². The first-order valence-corrected chi connectivity index (χ1v) is 7.78. The molecule has 0 unspecified atom stereocenters. The van der Waals surface area contributed by atoms with Crippen LogP contribution in [0.1, 0.15) is 35.1 Å². The summed E-state index contributed by atoms with van der Waals surface area (Å²) in [6.07, 6.45) is 5.09. The molecule has 0 atom stereocenters. The smallest absolute Gasteiger partial charge is 0.0713 e. The normalized spacial score (nSPS) is 13.8. The molecule has 3 rings (SSSR count). The molecule has 2 aromatic carbocycles. The zero-order chi connectivity index (χ0) is 14.5. The van der Waals surface area contributed by atoms with Gasteiger partial charge in [-0.3, -0.25) is 0 Å². The molecular formula is C19H23NO. The fourth-order valence-electron chi connectivity index (χ4n) is 3.06. The first kappa shape index (κ1) is 14.2. The van der Waals surface area contributed by atoms with Gasteiger partial charge in [-0.25, -0.2) is 0 Å². The largest absolute Gasteiger partial charge is 0.381 e. The van der Waals surface area contributed by atoms with Gasteiger partial charge in [0.25, 0.3) is 0 Å². The molecule has 1 aliphatic carbocycles. The Morgan fingerprint density at radius 3 is 2.52 bits per heavy atom. The van der Waals surface area contributed by atoms with E-state index < -0.39 is 0 Å². The van der Waals surface area contributed by atoms with Gasteiger partial charge in [0.1, 0.15) is 0 Å². The van der Waals surface area contributed by atoms with Crippen molar-refractivity contribution < 1.29 is 4.74 Å². The second-order valence-electron chi connectivity index (χ2n) is 5.75. The van der Waals surface area contributed by atoms with Crippen molar-refractivity contribution in [2.24, 2.45) is 0 Å². The van der Waals surface area contributed by atoms with Gasteiger partial charge in [-0.05, 0) is 54.0 Å². The second kappa shape index (κ2) is 6.77. The Balaban J connectivity index is 1.67. The van der Waals surface area contributed by atoms with E-state index >= 15 is 0 Å². The number of hydrogen-bond acceptors (Lipinski definition) is 2. The summed E-state index contributed by atoms with van der Waals surface area (Å²) in [7, 11) is 1.73. The summed E-state index contributed by atoms with van der Waals surface area (Å²) in [5.74, 6) is 0. The van der Waals surface area contributed by atoms with E-state index in [9.17, 15) is 0 Å². The average molecular weight is 281 g/mol. The van der Waals surface area contributed by atoms with Crippen LogP contribution in [-0.2, 0) is 30.7 Å². The van der Waals surface area contributed by atoms with E-state index in [4.69, 9.17) is 4.74 Å². The molecule has 0 fully saturated rings. The Morgan fingerprint density at radius 2 is 1.71 bits per heavy atom. The zero-order valence-electron chi connectivity index (χ0n) is 12.7. The first-order chi connectivity index (χ1) is 10.4. The lowest BCUT2D eigenvalue weighted by atomic mass is 9.90. The molecule has 21 heavy (non-hydrogen) atoms. The molecule has 2 nitrogen and oxygen atoms in total. The van der Waals surface area contributed by atoms with Crippen molar-refractivity contribution in [3.8, 4) is 0 Å². The summed E-state index contributed by atoms with van der Waals surface area (Å²) in [5.41, 5.74) is 6.90. The number of methoxy groups -OCH3 is 1. The van der Waals surface area contributed by atoms with Gasteiger partial charge < -0.3 is 10.1 Å². The fraction of sp³-hybridized carbons (Fsp3) is 0.368. The molecule has 0 spiro atoms.